The summed E-state index contributed by atoms with van der Waals surface area (Å²) in [4.78, 5) is 3.81. The van der Waals surface area contributed by atoms with Crippen LogP contribution in [0.3, 0.4) is 0 Å². The molecule has 0 saturated carbocycles. The second kappa shape index (κ2) is 4.91. The van der Waals surface area contributed by atoms with Crippen LogP contribution in [0.25, 0.3) is 0 Å². The lowest BCUT2D eigenvalue weighted by Gasteiger charge is -2.28. The molecule has 0 spiro atoms. The molecule has 1 saturated heterocycles. The van der Waals surface area contributed by atoms with Gasteiger partial charge in [0.2, 0.25) is 0 Å². The molecule has 1 aromatic heterocycles. The molecule has 1 fully saturated rings. The van der Waals surface area contributed by atoms with Crippen LogP contribution >= 0.6 is 11.3 Å². The standard InChI is InChI=1S/C11H18N2S/c12-10(11-5-4-8-14-11)9-13-6-2-1-3-7-13/h4-5,8,10H,1-3,6-7,9,12H2. The Balaban J connectivity index is 1.84. The lowest BCUT2D eigenvalue weighted by molar-refractivity contribution is 0.217. The number of hydrogen-bond donors (Lipinski definition) is 1. The summed E-state index contributed by atoms with van der Waals surface area (Å²) >= 11 is 1.77. The van der Waals surface area contributed by atoms with Crippen LogP contribution in [0, 0.1) is 0 Å². The highest BCUT2D eigenvalue weighted by atomic mass is 32.1. The first-order valence-corrected chi connectivity index (χ1v) is 6.25. The lowest BCUT2D eigenvalue weighted by Crippen LogP contribution is -2.35. The van der Waals surface area contributed by atoms with E-state index in [1.165, 1.54) is 37.2 Å². The van der Waals surface area contributed by atoms with Crippen LogP contribution in [0.4, 0.5) is 0 Å². The van der Waals surface area contributed by atoms with E-state index in [9.17, 15) is 0 Å². The van der Waals surface area contributed by atoms with Gasteiger partial charge in [-0.2, -0.15) is 0 Å². The first-order valence-electron chi connectivity index (χ1n) is 5.37. The van der Waals surface area contributed by atoms with Crippen LogP contribution in [0.5, 0.6) is 0 Å². The summed E-state index contributed by atoms with van der Waals surface area (Å²) in [5.74, 6) is 0. The fraction of sp³-hybridized carbons (Fsp3) is 0.636. The summed E-state index contributed by atoms with van der Waals surface area (Å²) in [5.41, 5.74) is 6.14. The minimum absolute atomic E-state index is 0.216. The molecule has 0 bridgehead atoms. The van der Waals surface area contributed by atoms with Crippen LogP contribution in [-0.2, 0) is 0 Å². The third-order valence-corrected chi connectivity index (χ3v) is 3.82. The monoisotopic (exact) mass is 210 g/mol. The van der Waals surface area contributed by atoms with Gasteiger partial charge in [0.1, 0.15) is 0 Å². The maximum Gasteiger partial charge on any atom is 0.0519 e. The smallest absolute Gasteiger partial charge is 0.0519 e. The largest absolute Gasteiger partial charge is 0.322 e. The van der Waals surface area contributed by atoms with E-state index in [2.05, 4.69) is 22.4 Å². The lowest BCUT2D eigenvalue weighted by atomic mass is 10.1. The minimum Gasteiger partial charge on any atom is -0.322 e. The first-order chi connectivity index (χ1) is 6.86. The van der Waals surface area contributed by atoms with Gasteiger partial charge in [0.25, 0.3) is 0 Å². The van der Waals surface area contributed by atoms with Crippen LogP contribution < -0.4 is 5.73 Å². The van der Waals surface area contributed by atoms with Gasteiger partial charge in [-0.25, -0.2) is 0 Å². The zero-order valence-corrected chi connectivity index (χ0v) is 9.30. The van der Waals surface area contributed by atoms with Crippen molar-refractivity contribution >= 4 is 11.3 Å². The predicted octanol–water partition coefficient (Wildman–Crippen LogP) is 2.23. The van der Waals surface area contributed by atoms with Gasteiger partial charge in [-0.15, -0.1) is 11.3 Å². The molecule has 0 aliphatic carbocycles. The number of hydrogen-bond acceptors (Lipinski definition) is 3. The minimum atomic E-state index is 0.216. The number of likely N-dealkylation sites (tertiary alicyclic amines) is 1. The van der Waals surface area contributed by atoms with Crippen molar-refractivity contribution in [3.8, 4) is 0 Å². The summed E-state index contributed by atoms with van der Waals surface area (Å²) in [6.45, 7) is 3.50. The fourth-order valence-corrected chi connectivity index (χ4v) is 2.73. The van der Waals surface area contributed by atoms with E-state index >= 15 is 0 Å². The molecule has 2 heterocycles. The van der Waals surface area contributed by atoms with E-state index in [-0.39, 0.29) is 6.04 Å². The molecule has 1 atom stereocenters. The molecular weight excluding hydrogens is 192 g/mol. The van der Waals surface area contributed by atoms with Crippen molar-refractivity contribution in [3.05, 3.63) is 22.4 Å². The number of nitrogens with two attached hydrogens (primary N) is 1. The van der Waals surface area contributed by atoms with Gasteiger partial charge >= 0.3 is 0 Å². The van der Waals surface area contributed by atoms with Crippen LogP contribution in [0.15, 0.2) is 17.5 Å². The third-order valence-electron chi connectivity index (χ3n) is 2.81. The molecule has 1 aliphatic rings. The quantitative estimate of drug-likeness (QED) is 0.829. The van der Waals surface area contributed by atoms with Crippen molar-refractivity contribution in [1.29, 1.82) is 0 Å². The van der Waals surface area contributed by atoms with Crippen LogP contribution in [-0.4, -0.2) is 24.5 Å². The summed E-state index contributed by atoms with van der Waals surface area (Å²) < 4.78 is 0. The Hall–Kier alpha value is -0.380. The van der Waals surface area contributed by atoms with E-state index in [1.54, 1.807) is 11.3 Å². The van der Waals surface area contributed by atoms with Crippen molar-refractivity contribution in [2.45, 2.75) is 25.3 Å². The van der Waals surface area contributed by atoms with Crippen molar-refractivity contribution in [1.82, 2.24) is 4.90 Å². The Morgan fingerprint density at radius 1 is 1.36 bits per heavy atom. The molecule has 2 nitrogen and oxygen atoms in total. The van der Waals surface area contributed by atoms with Gasteiger partial charge in [-0.05, 0) is 37.4 Å². The van der Waals surface area contributed by atoms with Gasteiger partial charge in [0, 0.05) is 11.4 Å². The summed E-state index contributed by atoms with van der Waals surface area (Å²) in [6, 6.07) is 4.43. The maximum absolute atomic E-state index is 6.14. The van der Waals surface area contributed by atoms with Gasteiger partial charge < -0.3 is 10.6 Å². The molecule has 0 radical (unpaired) electrons. The molecule has 14 heavy (non-hydrogen) atoms. The zero-order chi connectivity index (χ0) is 9.80. The van der Waals surface area contributed by atoms with Gasteiger partial charge in [0.05, 0.1) is 6.04 Å². The van der Waals surface area contributed by atoms with E-state index in [4.69, 9.17) is 5.73 Å². The fourth-order valence-electron chi connectivity index (χ4n) is 2.01. The summed E-state index contributed by atoms with van der Waals surface area (Å²) in [5, 5.41) is 2.10. The topological polar surface area (TPSA) is 29.3 Å². The predicted molar refractivity (Wildman–Crippen MR) is 61.5 cm³/mol. The van der Waals surface area contributed by atoms with Crippen molar-refractivity contribution < 1.29 is 0 Å². The number of thiophene rings is 1. The third kappa shape index (κ3) is 2.56. The Bertz CT molecular complexity index is 252. The first kappa shape index (κ1) is 10.1. The highest BCUT2D eigenvalue weighted by Crippen LogP contribution is 2.19. The van der Waals surface area contributed by atoms with Crippen molar-refractivity contribution in [2.75, 3.05) is 19.6 Å². The zero-order valence-electron chi connectivity index (χ0n) is 8.48. The molecule has 0 aromatic carbocycles. The van der Waals surface area contributed by atoms with E-state index in [0.717, 1.165) is 6.54 Å². The Labute approximate surface area is 89.7 Å². The molecule has 1 aromatic rings. The highest BCUT2D eigenvalue weighted by Gasteiger charge is 2.15. The second-order valence-electron chi connectivity index (χ2n) is 3.98. The molecule has 0 amide bonds. The molecular formula is C11H18N2S. The van der Waals surface area contributed by atoms with E-state index in [1.807, 2.05) is 0 Å². The number of rotatable bonds is 3. The Morgan fingerprint density at radius 2 is 2.14 bits per heavy atom. The molecule has 2 rings (SSSR count). The Kier molecular flexibility index (Phi) is 3.56. The second-order valence-corrected chi connectivity index (χ2v) is 4.96. The van der Waals surface area contributed by atoms with E-state index in [0.29, 0.717) is 0 Å². The average molecular weight is 210 g/mol. The number of nitrogens with zero attached hydrogens (tertiary/aromatic N) is 1. The number of piperidine rings is 1. The van der Waals surface area contributed by atoms with E-state index < -0.39 is 0 Å². The Morgan fingerprint density at radius 3 is 2.79 bits per heavy atom. The maximum atomic E-state index is 6.14. The summed E-state index contributed by atoms with van der Waals surface area (Å²) in [6.07, 6.45) is 4.08. The molecule has 78 valence electrons. The van der Waals surface area contributed by atoms with Crippen molar-refractivity contribution in [2.24, 2.45) is 5.73 Å². The van der Waals surface area contributed by atoms with Gasteiger partial charge in [0.15, 0.2) is 0 Å². The SMILES string of the molecule is NC(CN1CCCCC1)c1cccs1. The van der Waals surface area contributed by atoms with Crippen LogP contribution in [0.1, 0.15) is 30.2 Å². The highest BCUT2D eigenvalue weighted by molar-refractivity contribution is 7.10. The summed E-state index contributed by atoms with van der Waals surface area (Å²) in [7, 11) is 0. The van der Waals surface area contributed by atoms with Crippen LogP contribution in [0.2, 0.25) is 0 Å². The average Bonchev–Trinajstić information content (AvgIpc) is 2.72. The molecule has 3 heteroatoms. The molecule has 1 aliphatic heterocycles. The van der Waals surface area contributed by atoms with Gasteiger partial charge in [-0.1, -0.05) is 12.5 Å². The normalized spacial score (nSPS) is 20.9. The van der Waals surface area contributed by atoms with Crippen molar-refractivity contribution in [3.63, 3.8) is 0 Å². The van der Waals surface area contributed by atoms with Gasteiger partial charge in [-0.3, -0.25) is 0 Å². The molecule has 1 unspecified atom stereocenters. The molecule has 2 N–H and O–H groups in total.